The number of methoxy groups -OCH3 is 1. The Bertz CT molecular complexity index is 614. The van der Waals surface area contributed by atoms with Gasteiger partial charge in [-0.25, -0.2) is 0 Å². The predicted molar refractivity (Wildman–Crippen MR) is 75.6 cm³/mol. The minimum Gasteiger partial charge on any atom is -0.481 e. The molecule has 7 nitrogen and oxygen atoms in total. The zero-order valence-corrected chi connectivity index (χ0v) is 10.9. The van der Waals surface area contributed by atoms with Crippen molar-refractivity contribution >= 4 is 17.2 Å². The molecule has 0 aliphatic heterocycles. The molecule has 20 heavy (non-hydrogen) atoms. The van der Waals surface area contributed by atoms with Crippen molar-refractivity contribution in [2.24, 2.45) is 0 Å². The van der Waals surface area contributed by atoms with E-state index in [1.165, 1.54) is 19.2 Å². The summed E-state index contributed by atoms with van der Waals surface area (Å²) in [6.45, 7) is 0.404. The Kier molecular flexibility index (Phi) is 3.99. The summed E-state index contributed by atoms with van der Waals surface area (Å²) in [7, 11) is 1.46. The Morgan fingerprint density at radius 1 is 1.30 bits per heavy atom. The molecule has 104 valence electrons. The molecule has 0 unspecified atom stereocenters. The summed E-state index contributed by atoms with van der Waals surface area (Å²) in [5, 5.41) is 13.9. The average Bonchev–Trinajstić information content (AvgIpc) is 2.46. The summed E-state index contributed by atoms with van der Waals surface area (Å²) >= 11 is 0. The summed E-state index contributed by atoms with van der Waals surface area (Å²) in [6.07, 6.45) is 0. The van der Waals surface area contributed by atoms with Crippen molar-refractivity contribution in [2.75, 3.05) is 18.2 Å². The number of nitrogens with one attached hydrogen (secondary N) is 1. The molecule has 1 heterocycles. The Balaban J connectivity index is 2.18. The zero-order valence-electron chi connectivity index (χ0n) is 10.9. The van der Waals surface area contributed by atoms with Gasteiger partial charge in [0.2, 0.25) is 11.7 Å². The summed E-state index contributed by atoms with van der Waals surface area (Å²) in [5.41, 5.74) is 7.11. The summed E-state index contributed by atoms with van der Waals surface area (Å²) in [5.74, 6) is 0.488. The van der Waals surface area contributed by atoms with E-state index in [0.29, 0.717) is 18.1 Å². The van der Waals surface area contributed by atoms with Crippen LogP contribution in [0.15, 0.2) is 36.4 Å². The molecule has 2 aromatic rings. The van der Waals surface area contributed by atoms with Crippen molar-refractivity contribution in [1.82, 2.24) is 4.98 Å². The van der Waals surface area contributed by atoms with Crippen molar-refractivity contribution in [2.45, 2.75) is 6.54 Å². The van der Waals surface area contributed by atoms with Gasteiger partial charge in [-0.15, -0.1) is 0 Å². The molecule has 0 atom stereocenters. The maximum atomic E-state index is 10.9. The van der Waals surface area contributed by atoms with Gasteiger partial charge in [0, 0.05) is 24.4 Å². The second kappa shape index (κ2) is 5.87. The van der Waals surface area contributed by atoms with E-state index >= 15 is 0 Å². The minimum absolute atomic E-state index is 0.0961. The van der Waals surface area contributed by atoms with Crippen molar-refractivity contribution in [3.63, 3.8) is 0 Å². The molecule has 0 amide bonds. The highest BCUT2D eigenvalue weighted by molar-refractivity contribution is 5.57. The van der Waals surface area contributed by atoms with E-state index in [9.17, 15) is 10.1 Å². The van der Waals surface area contributed by atoms with Crippen LogP contribution in [0.4, 0.5) is 17.2 Å². The Morgan fingerprint density at radius 3 is 2.60 bits per heavy atom. The van der Waals surface area contributed by atoms with Crippen LogP contribution in [-0.2, 0) is 6.54 Å². The number of hydrogen-bond donors (Lipinski definition) is 2. The minimum atomic E-state index is -0.488. The number of nitro groups is 1. The Hall–Kier alpha value is -2.83. The summed E-state index contributed by atoms with van der Waals surface area (Å²) < 4.78 is 4.97. The number of ether oxygens (including phenoxy) is 1. The second-order valence-corrected chi connectivity index (χ2v) is 4.07. The number of nitrogen functional groups attached to an aromatic ring is 1. The lowest BCUT2D eigenvalue weighted by atomic mass is 10.2. The van der Waals surface area contributed by atoms with Crippen LogP contribution in [-0.4, -0.2) is 17.0 Å². The van der Waals surface area contributed by atoms with E-state index < -0.39 is 4.92 Å². The maximum Gasteiger partial charge on any atom is 0.311 e. The highest BCUT2D eigenvalue weighted by Crippen LogP contribution is 2.25. The predicted octanol–water partition coefficient (Wildman–Crippen LogP) is 2.19. The van der Waals surface area contributed by atoms with Crippen LogP contribution in [0.25, 0.3) is 0 Å². The molecule has 0 saturated carbocycles. The van der Waals surface area contributed by atoms with Gasteiger partial charge in [0.1, 0.15) is 0 Å². The highest BCUT2D eigenvalue weighted by Gasteiger charge is 2.16. The fraction of sp³-hybridized carbons (Fsp3) is 0.154. The molecule has 0 aliphatic carbocycles. The van der Waals surface area contributed by atoms with Crippen molar-refractivity contribution in [3.8, 4) is 5.88 Å². The second-order valence-electron chi connectivity index (χ2n) is 4.07. The van der Waals surface area contributed by atoms with E-state index in [4.69, 9.17) is 10.5 Å². The van der Waals surface area contributed by atoms with Crippen molar-refractivity contribution in [3.05, 3.63) is 52.1 Å². The monoisotopic (exact) mass is 274 g/mol. The van der Waals surface area contributed by atoms with Crippen molar-refractivity contribution in [1.29, 1.82) is 0 Å². The number of benzene rings is 1. The number of nitrogens with two attached hydrogens (primary N) is 1. The third kappa shape index (κ3) is 3.14. The number of pyridine rings is 1. The molecular formula is C13H14N4O3. The molecule has 0 bridgehead atoms. The molecule has 0 spiro atoms. The zero-order chi connectivity index (χ0) is 14.5. The average molecular weight is 274 g/mol. The molecule has 0 radical (unpaired) electrons. The van der Waals surface area contributed by atoms with Gasteiger partial charge in [0.25, 0.3) is 0 Å². The van der Waals surface area contributed by atoms with Gasteiger partial charge in [-0.05, 0) is 17.7 Å². The van der Waals surface area contributed by atoms with Crippen LogP contribution in [0.1, 0.15) is 5.56 Å². The quantitative estimate of drug-likeness (QED) is 0.492. The van der Waals surface area contributed by atoms with E-state index in [-0.39, 0.29) is 11.5 Å². The van der Waals surface area contributed by atoms with Crippen LogP contribution in [0, 0.1) is 10.1 Å². The molecule has 2 rings (SSSR count). The SMILES string of the molecule is COc1ccc([N+](=O)[O-])c(NCc2ccc(N)cc2)n1. The first-order valence-electron chi connectivity index (χ1n) is 5.88. The largest absolute Gasteiger partial charge is 0.481 e. The fourth-order valence-electron chi connectivity index (χ4n) is 1.65. The molecule has 0 aliphatic rings. The molecule has 7 heteroatoms. The van der Waals surface area contributed by atoms with E-state index in [0.717, 1.165) is 5.56 Å². The van der Waals surface area contributed by atoms with Crippen LogP contribution in [0.2, 0.25) is 0 Å². The van der Waals surface area contributed by atoms with Crippen LogP contribution >= 0.6 is 0 Å². The third-order valence-corrected chi connectivity index (χ3v) is 2.69. The lowest BCUT2D eigenvalue weighted by Crippen LogP contribution is -2.05. The van der Waals surface area contributed by atoms with Gasteiger partial charge in [0.05, 0.1) is 12.0 Å². The molecule has 1 aromatic carbocycles. The smallest absolute Gasteiger partial charge is 0.311 e. The first-order valence-corrected chi connectivity index (χ1v) is 5.88. The van der Waals surface area contributed by atoms with Gasteiger partial charge < -0.3 is 15.8 Å². The van der Waals surface area contributed by atoms with Gasteiger partial charge in [0.15, 0.2) is 0 Å². The standard InChI is InChI=1S/C13H14N4O3/c1-20-12-7-6-11(17(18)19)13(16-12)15-8-9-2-4-10(14)5-3-9/h2-7H,8,14H2,1H3,(H,15,16). The van der Waals surface area contributed by atoms with E-state index in [2.05, 4.69) is 10.3 Å². The Morgan fingerprint density at radius 2 is 2.00 bits per heavy atom. The van der Waals surface area contributed by atoms with Crippen LogP contribution in [0.3, 0.4) is 0 Å². The molecule has 1 aromatic heterocycles. The number of rotatable bonds is 5. The van der Waals surface area contributed by atoms with Gasteiger partial charge in [-0.3, -0.25) is 10.1 Å². The lowest BCUT2D eigenvalue weighted by Gasteiger charge is -2.08. The highest BCUT2D eigenvalue weighted by atomic mass is 16.6. The lowest BCUT2D eigenvalue weighted by molar-refractivity contribution is -0.384. The maximum absolute atomic E-state index is 10.9. The van der Waals surface area contributed by atoms with Crippen molar-refractivity contribution < 1.29 is 9.66 Å². The first kappa shape index (κ1) is 13.6. The molecule has 0 saturated heterocycles. The number of anilines is 2. The van der Waals surface area contributed by atoms with Crippen LogP contribution < -0.4 is 15.8 Å². The molecular weight excluding hydrogens is 260 g/mol. The van der Waals surface area contributed by atoms with Gasteiger partial charge in [-0.1, -0.05) is 12.1 Å². The molecule has 0 fully saturated rings. The summed E-state index contributed by atoms with van der Waals surface area (Å²) in [4.78, 5) is 14.5. The Labute approximate surface area is 115 Å². The number of aromatic nitrogens is 1. The van der Waals surface area contributed by atoms with E-state index in [1.54, 1.807) is 12.1 Å². The normalized spacial score (nSPS) is 10.1. The third-order valence-electron chi connectivity index (χ3n) is 2.69. The number of nitrogens with zero attached hydrogens (tertiary/aromatic N) is 2. The molecule has 3 N–H and O–H groups in total. The number of hydrogen-bond acceptors (Lipinski definition) is 6. The van der Waals surface area contributed by atoms with Crippen LogP contribution in [0.5, 0.6) is 5.88 Å². The van der Waals surface area contributed by atoms with Gasteiger partial charge in [-0.2, -0.15) is 4.98 Å². The topological polar surface area (TPSA) is 103 Å². The van der Waals surface area contributed by atoms with E-state index in [1.807, 2.05) is 12.1 Å². The summed E-state index contributed by atoms with van der Waals surface area (Å²) in [6, 6.07) is 10.0. The fourth-order valence-corrected chi connectivity index (χ4v) is 1.65. The van der Waals surface area contributed by atoms with Gasteiger partial charge >= 0.3 is 5.69 Å². The first-order chi connectivity index (χ1) is 9.60.